The van der Waals surface area contributed by atoms with Crippen LogP contribution in [0, 0.1) is 5.92 Å². The fourth-order valence-corrected chi connectivity index (χ4v) is 0.908. The number of hydrogen-bond donors (Lipinski definition) is 2. The normalized spacial score (nSPS) is 12.6. The Kier molecular flexibility index (Phi) is 7.20. The summed E-state index contributed by atoms with van der Waals surface area (Å²) in [6.07, 6.45) is 1.49. The molecule has 4 heteroatoms. The lowest BCUT2D eigenvalue weighted by molar-refractivity contribution is 0.133. The summed E-state index contributed by atoms with van der Waals surface area (Å²) in [6.45, 7) is 7.07. The Labute approximate surface area is 86.2 Å². The highest BCUT2D eigenvalue weighted by atomic mass is 16.5. The maximum Gasteiger partial charge on any atom is 0.407 e. The zero-order chi connectivity index (χ0) is 11.0. The predicted octanol–water partition coefficient (Wildman–Crippen LogP) is 1.50. The number of ether oxygens (including phenoxy) is 1. The number of hydrogen-bond acceptors (Lipinski definition) is 3. The van der Waals surface area contributed by atoms with E-state index in [9.17, 15) is 4.79 Å². The Morgan fingerprint density at radius 2 is 2.07 bits per heavy atom. The minimum atomic E-state index is -0.330. The van der Waals surface area contributed by atoms with Crippen molar-refractivity contribution in [2.24, 2.45) is 11.7 Å². The molecule has 0 aliphatic carbocycles. The van der Waals surface area contributed by atoms with Gasteiger partial charge in [-0.05, 0) is 25.7 Å². The summed E-state index contributed by atoms with van der Waals surface area (Å²) in [7, 11) is 0. The maximum absolute atomic E-state index is 11.0. The molecule has 1 unspecified atom stereocenters. The summed E-state index contributed by atoms with van der Waals surface area (Å²) >= 11 is 0. The van der Waals surface area contributed by atoms with Crippen molar-refractivity contribution in [3.8, 4) is 0 Å². The van der Waals surface area contributed by atoms with Crippen LogP contribution in [0.15, 0.2) is 0 Å². The number of nitrogens with one attached hydrogen (secondary N) is 1. The number of carbonyl (C=O) groups is 1. The third-order valence-electron chi connectivity index (χ3n) is 1.65. The van der Waals surface area contributed by atoms with E-state index in [1.807, 2.05) is 20.8 Å². The van der Waals surface area contributed by atoms with Crippen LogP contribution in [-0.4, -0.2) is 25.3 Å². The molecule has 1 amide bonds. The van der Waals surface area contributed by atoms with Crippen molar-refractivity contribution in [2.45, 2.75) is 39.7 Å². The van der Waals surface area contributed by atoms with Crippen LogP contribution in [0.3, 0.4) is 0 Å². The van der Waals surface area contributed by atoms with Gasteiger partial charge >= 0.3 is 6.09 Å². The molecular weight excluding hydrogens is 180 g/mol. The fourth-order valence-electron chi connectivity index (χ4n) is 0.908. The summed E-state index contributed by atoms with van der Waals surface area (Å²) in [5.74, 6) is 0.379. The summed E-state index contributed by atoms with van der Waals surface area (Å²) < 4.78 is 4.93. The van der Waals surface area contributed by atoms with E-state index in [0.717, 1.165) is 12.8 Å². The Bertz CT molecular complexity index is 158. The van der Waals surface area contributed by atoms with Gasteiger partial charge in [-0.25, -0.2) is 4.79 Å². The molecule has 0 fully saturated rings. The van der Waals surface area contributed by atoms with Crippen molar-refractivity contribution in [3.05, 3.63) is 0 Å². The molecule has 0 saturated heterocycles. The Balaban J connectivity index is 3.27. The third-order valence-corrected chi connectivity index (χ3v) is 1.65. The van der Waals surface area contributed by atoms with Gasteiger partial charge in [-0.2, -0.15) is 0 Å². The molecule has 0 saturated carbocycles. The number of alkyl carbamates (subject to hydrolysis) is 1. The Hall–Kier alpha value is -0.770. The molecule has 3 N–H and O–H groups in total. The van der Waals surface area contributed by atoms with Crippen molar-refractivity contribution in [3.63, 3.8) is 0 Å². The van der Waals surface area contributed by atoms with Gasteiger partial charge in [-0.3, -0.25) is 0 Å². The second-order valence-electron chi connectivity index (χ2n) is 4.04. The van der Waals surface area contributed by atoms with Gasteiger partial charge in [-0.15, -0.1) is 0 Å². The number of rotatable bonds is 6. The van der Waals surface area contributed by atoms with Crippen LogP contribution in [0.25, 0.3) is 0 Å². The molecule has 14 heavy (non-hydrogen) atoms. The van der Waals surface area contributed by atoms with Gasteiger partial charge in [0.15, 0.2) is 0 Å². The molecule has 0 radical (unpaired) electrons. The first-order valence-electron chi connectivity index (χ1n) is 5.18. The first-order valence-corrected chi connectivity index (χ1v) is 5.18. The molecule has 1 atom stereocenters. The molecule has 0 aliphatic rings. The lowest BCUT2D eigenvalue weighted by atomic mass is 10.2. The van der Waals surface area contributed by atoms with E-state index in [1.165, 1.54) is 0 Å². The van der Waals surface area contributed by atoms with Crippen molar-refractivity contribution in [2.75, 3.05) is 13.2 Å². The highest BCUT2D eigenvalue weighted by Crippen LogP contribution is 1.94. The quantitative estimate of drug-likeness (QED) is 0.641. The molecule has 0 aromatic carbocycles. The molecule has 0 aromatic rings. The average Bonchev–Trinajstić information content (AvgIpc) is 2.08. The number of carbonyl (C=O) groups excluding carboxylic acids is 1. The van der Waals surface area contributed by atoms with Crippen LogP contribution in [0.1, 0.15) is 33.6 Å². The monoisotopic (exact) mass is 202 g/mol. The molecular formula is C10H22N2O2. The summed E-state index contributed by atoms with van der Waals surface area (Å²) in [6, 6.07) is 0.198. The zero-order valence-corrected chi connectivity index (χ0v) is 9.38. The van der Waals surface area contributed by atoms with E-state index in [1.54, 1.807) is 0 Å². The molecule has 0 rings (SSSR count). The number of nitrogens with two attached hydrogens (primary N) is 1. The van der Waals surface area contributed by atoms with Gasteiger partial charge < -0.3 is 15.8 Å². The summed E-state index contributed by atoms with van der Waals surface area (Å²) in [5.41, 5.74) is 5.56. The van der Waals surface area contributed by atoms with Crippen LogP contribution < -0.4 is 11.1 Å². The van der Waals surface area contributed by atoms with Gasteiger partial charge in [0.05, 0.1) is 6.61 Å². The Morgan fingerprint density at radius 1 is 1.43 bits per heavy atom. The van der Waals surface area contributed by atoms with Crippen molar-refractivity contribution in [1.82, 2.24) is 5.32 Å². The maximum atomic E-state index is 11.0. The van der Waals surface area contributed by atoms with E-state index in [0.29, 0.717) is 19.1 Å². The predicted molar refractivity (Wildman–Crippen MR) is 57.1 cm³/mol. The molecule has 0 aliphatic heterocycles. The third kappa shape index (κ3) is 9.32. The topological polar surface area (TPSA) is 64.3 Å². The molecule has 0 spiro atoms. The van der Waals surface area contributed by atoms with Crippen LogP contribution in [0.5, 0.6) is 0 Å². The van der Waals surface area contributed by atoms with E-state index >= 15 is 0 Å². The molecule has 0 aromatic heterocycles. The summed E-state index contributed by atoms with van der Waals surface area (Å²) in [5, 5.41) is 2.68. The minimum Gasteiger partial charge on any atom is -0.449 e. The van der Waals surface area contributed by atoms with E-state index in [-0.39, 0.29) is 12.1 Å². The highest BCUT2D eigenvalue weighted by molar-refractivity contribution is 5.66. The Morgan fingerprint density at radius 3 is 2.57 bits per heavy atom. The van der Waals surface area contributed by atoms with Gasteiger partial charge in [0.1, 0.15) is 0 Å². The number of amides is 1. The van der Waals surface area contributed by atoms with Gasteiger partial charge in [0.25, 0.3) is 0 Å². The van der Waals surface area contributed by atoms with Crippen LogP contribution in [0.4, 0.5) is 4.79 Å². The highest BCUT2D eigenvalue weighted by Gasteiger charge is 2.02. The first kappa shape index (κ1) is 13.2. The van der Waals surface area contributed by atoms with E-state index in [4.69, 9.17) is 10.5 Å². The lowest BCUT2D eigenvalue weighted by Crippen LogP contribution is -2.27. The fraction of sp³-hybridized carbons (Fsp3) is 0.900. The SMILES string of the molecule is CC(C)COC(=O)NCCCC(C)N. The van der Waals surface area contributed by atoms with E-state index in [2.05, 4.69) is 5.32 Å². The zero-order valence-electron chi connectivity index (χ0n) is 9.38. The van der Waals surface area contributed by atoms with Crippen LogP contribution >= 0.6 is 0 Å². The van der Waals surface area contributed by atoms with Crippen LogP contribution in [-0.2, 0) is 4.74 Å². The first-order chi connectivity index (χ1) is 6.52. The van der Waals surface area contributed by atoms with Gasteiger partial charge in [0, 0.05) is 12.6 Å². The standard InChI is InChI=1S/C10H22N2O2/c1-8(2)7-14-10(13)12-6-4-5-9(3)11/h8-9H,4-7,11H2,1-3H3,(H,12,13). The molecule has 0 bridgehead atoms. The van der Waals surface area contributed by atoms with Crippen LogP contribution in [0.2, 0.25) is 0 Å². The average molecular weight is 202 g/mol. The van der Waals surface area contributed by atoms with Gasteiger partial charge in [0.2, 0.25) is 0 Å². The largest absolute Gasteiger partial charge is 0.449 e. The van der Waals surface area contributed by atoms with E-state index < -0.39 is 0 Å². The minimum absolute atomic E-state index is 0.198. The van der Waals surface area contributed by atoms with Gasteiger partial charge in [-0.1, -0.05) is 13.8 Å². The van der Waals surface area contributed by atoms with Crippen molar-refractivity contribution in [1.29, 1.82) is 0 Å². The second-order valence-corrected chi connectivity index (χ2v) is 4.04. The molecule has 4 nitrogen and oxygen atoms in total. The lowest BCUT2D eigenvalue weighted by Gasteiger charge is -2.09. The smallest absolute Gasteiger partial charge is 0.407 e. The molecule has 84 valence electrons. The van der Waals surface area contributed by atoms with Crippen molar-refractivity contribution < 1.29 is 9.53 Å². The summed E-state index contributed by atoms with van der Waals surface area (Å²) in [4.78, 5) is 11.0. The molecule has 0 heterocycles. The second kappa shape index (κ2) is 7.62. The van der Waals surface area contributed by atoms with Crippen molar-refractivity contribution >= 4 is 6.09 Å².